The van der Waals surface area contributed by atoms with Gasteiger partial charge in [0.1, 0.15) is 6.61 Å². The van der Waals surface area contributed by atoms with Crippen LogP contribution in [0.3, 0.4) is 0 Å². The highest BCUT2D eigenvalue weighted by Crippen LogP contribution is 2.19. The summed E-state index contributed by atoms with van der Waals surface area (Å²) >= 11 is 0. The van der Waals surface area contributed by atoms with Crippen molar-refractivity contribution < 1.29 is 17.9 Å². The first-order valence-corrected chi connectivity index (χ1v) is 8.09. The van der Waals surface area contributed by atoms with E-state index in [9.17, 15) is 8.42 Å². The van der Waals surface area contributed by atoms with Crippen LogP contribution in [-0.4, -0.2) is 31.8 Å². The molecule has 0 aliphatic heterocycles. The summed E-state index contributed by atoms with van der Waals surface area (Å²) in [7, 11) is -2.13. The molecule has 0 atom stereocenters. The van der Waals surface area contributed by atoms with E-state index in [1.807, 2.05) is 31.2 Å². The molecule has 0 unspecified atom stereocenters. The summed E-state index contributed by atoms with van der Waals surface area (Å²) in [5, 5.41) is -0.319. The Hall–Kier alpha value is -2.15. The first-order valence-electron chi connectivity index (χ1n) is 6.20. The summed E-state index contributed by atoms with van der Waals surface area (Å²) in [6.45, 7) is 2.28. The fourth-order valence-corrected chi connectivity index (χ4v) is 2.08. The summed E-state index contributed by atoms with van der Waals surface area (Å²) in [6.07, 6.45) is 1.03. The molecular formula is C14H16N2O4S. The molecule has 112 valence electrons. The lowest BCUT2D eigenvalue weighted by molar-refractivity contribution is 0.285. The van der Waals surface area contributed by atoms with Crippen LogP contribution in [0.1, 0.15) is 11.1 Å². The molecule has 0 radical (unpaired) electrons. The Morgan fingerprint density at radius 2 is 1.71 bits per heavy atom. The molecule has 1 aromatic carbocycles. The number of benzene rings is 1. The van der Waals surface area contributed by atoms with E-state index >= 15 is 0 Å². The van der Waals surface area contributed by atoms with Crippen LogP contribution < -0.4 is 9.47 Å². The molecule has 2 aromatic rings. The van der Waals surface area contributed by atoms with Gasteiger partial charge in [0.05, 0.1) is 13.2 Å². The molecule has 1 heterocycles. The second-order valence-corrected chi connectivity index (χ2v) is 6.49. The van der Waals surface area contributed by atoms with Gasteiger partial charge in [-0.1, -0.05) is 29.8 Å². The average molecular weight is 308 g/mol. The number of sulfone groups is 1. The van der Waals surface area contributed by atoms with Crippen LogP contribution in [0.25, 0.3) is 0 Å². The van der Waals surface area contributed by atoms with Gasteiger partial charge in [0.15, 0.2) is 0 Å². The molecule has 6 nitrogen and oxygen atoms in total. The summed E-state index contributed by atoms with van der Waals surface area (Å²) in [4.78, 5) is 7.67. The first-order chi connectivity index (χ1) is 9.88. The zero-order valence-electron chi connectivity index (χ0n) is 12.0. The third-order valence-electron chi connectivity index (χ3n) is 2.71. The smallest absolute Gasteiger partial charge is 0.253 e. The van der Waals surface area contributed by atoms with Gasteiger partial charge in [-0.25, -0.2) is 8.42 Å². The van der Waals surface area contributed by atoms with Gasteiger partial charge in [0.2, 0.25) is 21.6 Å². The summed E-state index contributed by atoms with van der Waals surface area (Å²) in [5.41, 5.74) is 2.11. The van der Waals surface area contributed by atoms with E-state index in [-0.39, 0.29) is 23.5 Å². The molecule has 0 bridgehead atoms. The number of aromatic nitrogens is 2. The van der Waals surface area contributed by atoms with Crippen LogP contribution in [-0.2, 0) is 16.4 Å². The molecule has 0 saturated carbocycles. The minimum Gasteiger partial charge on any atom is -0.481 e. The van der Waals surface area contributed by atoms with E-state index in [1.165, 1.54) is 13.2 Å². The molecule has 0 spiro atoms. The summed E-state index contributed by atoms with van der Waals surface area (Å²) in [6, 6.07) is 9.27. The number of aryl methyl sites for hydroxylation is 1. The Morgan fingerprint density at radius 3 is 2.29 bits per heavy atom. The molecule has 0 amide bonds. The van der Waals surface area contributed by atoms with E-state index < -0.39 is 9.84 Å². The maximum absolute atomic E-state index is 11.5. The molecule has 0 N–H and O–H groups in total. The highest BCUT2D eigenvalue weighted by atomic mass is 32.2. The highest BCUT2D eigenvalue weighted by molar-refractivity contribution is 7.90. The van der Waals surface area contributed by atoms with E-state index in [1.54, 1.807) is 0 Å². The number of methoxy groups -OCH3 is 1. The van der Waals surface area contributed by atoms with E-state index in [0.29, 0.717) is 0 Å². The van der Waals surface area contributed by atoms with Crippen molar-refractivity contribution in [2.24, 2.45) is 0 Å². The van der Waals surface area contributed by atoms with Crippen LogP contribution in [0.5, 0.6) is 11.8 Å². The Balaban J connectivity index is 2.21. The lowest BCUT2D eigenvalue weighted by Crippen LogP contribution is -2.07. The maximum Gasteiger partial charge on any atom is 0.253 e. The lowest BCUT2D eigenvalue weighted by Gasteiger charge is -2.08. The zero-order valence-corrected chi connectivity index (χ0v) is 12.8. The van der Waals surface area contributed by atoms with Crippen molar-refractivity contribution in [3.8, 4) is 11.8 Å². The van der Waals surface area contributed by atoms with E-state index in [0.717, 1.165) is 17.4 Å². The second-order valence-electron chi connectivity index (χ2n) is 4.58. The van der Waals surface area contributed by atoms with Crippen LogP contribution in [0.15, 0.2) is 35.5 Å². The molecule has 0 saturated heterocycles. The Morgan fingerprint density at radius 1 is 1.10 bits per heavy atom. The monoisotopic (exact) mass is 308 g/mol. The van der Waals surface area contributed by atoms with Gasteiger partial charge >= 0.3 is 0 Å². The molecule has 0 aliphatic carbocycles. The standard InChI is InChI=1S/C14H16N2O4S/c1-10-4-6-11(7-5-10)9-20-13-8-12(19-2)15-14(16-13)21(3,17)18/h4-8H,9H2,1-3H3. The molecule has 7 heteroatoms. The van der Waals surface area contributed by atoms with Gasteiger partial charge in [-0.2, -0.15) is 9.97 Å². The maximum atomic E-state index is 11.5. The van der Waals surface area contributed by atoms with Crippen molar-refractivity contribution in [3.63, 3.8) is 0 Å². The van der Waals surface area contributed by atoms with Crippen molar-refractivity contribution in [2.75, 3.05) is 13.4 Å². The Kier molecular flexibility index (Phi) is 4.42. The zero-order chi connectivity index (χ0) is 15.5. The number of hydrogen-bond donors (Lipinski definition) is 0. The van der Waals surface area contributed by atoms with Gasteiger partial charge in [0.25, 0.3) is 5.16 Å². The Bertz CT molecular complexity index is 727. The number of rotatable bonds is 5. The van der Waals surface area contributed by atoms with Crippen LogP contribution in [0, 0.1) is 6.92 Å². The number of hydrogen-bond acceptors (Lipinski definition) is 6. The minimum atomic E-state index is -3.53. The normalized spacial score (nSPS) is 11.2. The predicted octanol–water partition coefficient (Wildman–Crippen LogP) is 1.78. The first kappa shape index (κ1) is 15.2. The fourth-order valence-electron chi connectivity index (χ4n) is 1.57. The van der Waals surface area contributed by atoms with Crippen LogP contribution in [0.4, 0.5) is 0 Å². The average Bonchev–Trinajstić information content (AvgIpc) is 2.45. The van der Waals surface area contributed by atoms with Crippen molar-refractivity contribution in [1.82, 2.24) is 9.97 Å². The molecular weight excluding hydrogens is 292 g/mol. The van der Waals surface area contributed by atoms with E-state index in [4.69, 9.17) is 9.47 Å². The second kappa shape index (κ2) is 6.09. The molecule has 2 rings (SSSR count). The Labute approximate surface area is 123 Å². The predicted molar refractivity (Wildman–Crippen MR) is 77.2 cm³/mol. The highest BCUT2D eigenvalue weighted by Gasteiger charge is 2.15. The fraction of sp³-hybridized carbons (Fsp3) is 0.286. The van der Waals surface area contributed by atoms with E-state index in [2.05, 4.69) is 9.97 Å². The number of nitrogens with zero attached hydrogens (tertiary/aromatic N) is 2. The van der Waals surface area contributed by atoms with Gasteiger partial charge in [-0.05, 0) is 12.5 Å². The third kappa shape index (κ3) is 4.16. The van der Waals surface area contributed by atoms with Crippen molar-refractivity contribution in [1.29, 1.82) is 0 Å². The largest absolute Gasteiger partial charge is 0.481 e. The third-order valence-corrected chi connectivity index (χ3v) is 3.55. The molecule has 21 heavy (non-hydrogen) atoms. The summed E-state index contributed by atoms with van der Waals surface area (Å²) in [5.74, 6) is 0.298. The van der Waals surface area contributed by atoms with Gasteiger partial charge in [0, 0.05) is 6.26 Å². The van der Waals surface area contributed by atoms with Gasteiger partial charge < -0.3 is 9.47 Å². The van der Waals surface area contributed by atoms with Gasteiger partial charge in [-0.15, -0.1) is 0 Å². The van der Waals surface area contributed by atoms with Crippen molar-refractivity contribution in [2.45, 2.75) is 18.7 Å². The topological polar surface area (TPSA) is 78.4 Å². The molecule has 0 aliphatic rings. The molecule has 0 fully saturated rings. The van der Waals surface area contributed by atoms with Crippen molar-refractivity contribution >= 4 is 9.84 Å². The lowest BCUT2D eigenvalue weighted by atomic mass is 10.2. The SMILES string of the molecule is COc1cc(OCc2ccc(C)cc2)nc(S(C)(=O)=O)n1. The quantitative estimate of drug-likeness (QED) is 0.783. The minimum absolute atomic E-state index is 0.143. The summed E-state index contributed by atoms with van der Waals surface area (Å²) < 4.78 is 33.5. The molecule has 1 aromatic heterocycles. The van der Waals surface area contributed by atoms with Crippen LogP contribution in [0.2, 0.25) is 0 Å². The van der Waals surface area contributed by atoms with Gasteiger partial charge in [-0.3, -0.25) is 0 Å². The van der Waals surface area contributed by atoms with Crippen molar-refractivity contribution in [3.05, 3.63) is 41.5 Å². The van der Waals surface area contributed by atoms with Crippen LogP contribution >= 0.6 is 0 Å². The number of ether oxygens (including phenoxy) is 2.